The van der Waals surface area contributed by atoms with Gasteiger partial charge < -0.3 is 10.2 Å². The van der Waals surface area contributed by atoms with Gasteiger partial charge in [-0.25, -0.2) is 0 Å². The number of para-hydroxylation sites is 1. The molecule has 1 N–H and O–H groups in total. The van der Waals surface area contributed by atoms with Crippen molar-refractivity contribution in [3.63, 3.8) is 0 Å². The van der Waals surface area contributed by atoms with Crippen molar-refractivity contribution in [1.29, 1.82) is 0 Å². The third-order valence-corrected chi connectivity index (χ3v) is 6.06. The highest BCUT2D eigenvalue weighted by molar-refractivity contribution is 5.92. The van der Waals surface area contributed by atoms with Gasteiger partial charge in [-0.3, -0.25) is 14.9 Å². The van der Waals surface area contributed by atoms with Crippen LogP contribution in [0.25, 0.3) is 0 Å². The Kier molecular flexibility index (Phi) is 6.80. The first kappa shape index (κ1) is 21.6. The molecule has 0 spiro atoms. The molecular weight excluding hydrogens is 402 g/mol. The summed E-state index contributed by atoms with van der Waals surface area (Å²) in [5.74, 6) is 0.0326. The highest BCUT2D eigenvalue weighted by Gasteiger charge is 2.26. The van der Waals surface area contributed by atoms with Gasteiger partial charge in [0.1, 0.15) is 0 Å². The van der Waals surface area contributed by atoms with Gasteiger partial charge in [-0.2, -0.15) is 0 Å². The number of carbonyl (C=O) groups is 1. The smallest absolute Gasteiger partial charge is 0.272 e. The van der Waals surface area contributed by atoms with Crippen molar-refractivity contribution in [3.8, 4) is 0 Å². The minimum Gasteiger partial charge on any atom is -0.371 e. The Morgan fingerprint density at radius 2 is 1.59 bits per heavy atom. The number of hydrogen-bond donors (Lipinski definition) is 1. The SMILES string of the molecule is O=C(Nc1ccccc1)C1CCN(c2ccc([N+](=O)[O-])c(CCc3ccccc3)c2)CC1. The molecule has 1 aliphatic heterocycles. The van der Waals surface area contributed by atoms with E-state index in [1.165, 1.54) is 0 Å². The van der Waals surface area contributed by atoms with Crippen LogP contribution in [0.2, 0.25) is 0 Å². The average Bonchev–Trinajstić information content (AvgIpc) is 2.84. The molecule has 0 radical (unpaired) electrons. The van der Waals surface area contributed by atoms with E-state index in [9.17, 15) is 14.9 Å². The second-order valence-electron chi connectivity index (χ2n) is 8.17. The summed E-state index contributed by atoms with van der Waals surface area (Å²) < 4.78 is 0. The van der Waals surface area contributed by atoms with E-state index in [1.54, 1.807) is 6.07 Å². The fourth-order valence-corrected chi connectivity index (χ4v) is 4.24. The van der Waals surface area contributed by atoms with E-state index in [4.69, 9.17) is 0 Å². The number of rotatable bonds is 7. The molecule has 0 aromatic heterocycles. The van der Waals surface area contributed by atoms with Gasteiger partial charge in [0, 0.05) is 42.0 Å². The van der Waals surface area contributed by atoms with Crippen LogP contribution in [-0.2, 0) is 17.6 Å². The minimum absolute atomic E-state index is 0.0259. The van der Waals surface area contributed by atoms with Gasteiger partial charge in [0.15, 0.2) is 0 Å². The van der Waals surface area contributed by atoms with Crippen LogP contribution in [-0.4, -0.2) is 23.9 Å². The Morgan fingerprint density at radius 3 is 2.25 bits per heavy atom. The molecule has 6 heteroatoms. The summed E-state index contributed by atoms with van der Waals surface area (Å²) >= 11 is 0. The zero-order valence-corrected chi connectivity index (χ0v) is 17.9. The maximum atomic E-state index is 12.6. The molecule has 4 rings (SSSR count). The standard InChI is InChI=1S/C26H27N3O3/c30-26(27-23-9-5-2-6-10-23)21-15-17-28(18-16-21)24-13-14-25(29(31)32)22(19-24)12-11-20-7-3-1-4-8-20/h1-10,13-14,19,21H,11-12,15-18H2,(H,27,30). The number of nitrogens with zero attached hydrogens (tertiary/aromatic N) is 2. The van der Waals surface area contributed by atoms with Gasteiger partial charge in [0.05, 0.1) is 4.92 Å². The lowest BCUT2D eigenvalue weighted by molar-refractivity contribution is -0.385. The third-order valence-electron chi connectivity index (χ3n) is 6.06. The van der Waals surface area contributed by atoms with Crippen LogP contribution in [0, 0.1) is 16.0 Å². The molecule has 1 heterocycles. The number of carbonyl (C=O) groups excluding carboxylic acids is 1. The van der Waals surface area contributed by atoms with Gasteiger partial charge in [-0.15, -0.1) is 0 Å². The molecule has 3 aromatic carbocycles. The fourth-order valence-electron chi connectivity index (χ4n) is 4.24. The summed E-state index contributed by atoms with van der Waals surface area (Å²) in [5.41, 5.74) is 3.89. The van der Waals surface area contributed by atoms with Crippen LogP contribution in [0.5, 0.6) is 0 Å². The van der Waals surface area contributed by atoms with Gasteiger partial charge in [0.2, 0.25) is 5.91 Å². The van der Waals surface area contributed by atoms with E-state index >= 15 is 0 Å². The van der Waals surface area contributed by atoms with Crippen LogP contribution in [0.3, 0.4) is 0 Å². The summed E-state index contributed by atoms with van der Waals surface area (Å²) in [6.07, 6.45) is 2.89. The van der Waals surface area contributed by atoms with Crippen molar-refractivity contribution < 1.29 is 9.72 Å². The first-order chi connectivity index (χ1) is 15.6. The Hall–Kier alpha value is -3.67. The molecule has 3 aromatic rings. The topological polar surface area (TPSA) is 75.5 Å². The van der Waals surface area contributed by atoms with Crippen molar-refractivity contribution >= 4 is 23.0 Å². The Morgan fingerprint density at radius 1 is 0.938 bits per heavy atom. The van der Waals surface area contributed by atoms with E-state index < -0.39 is 0 Å². The van der Waals surface area contributed by atoms with Crippen molar-refractivity contribution in [2.75, 3.05) is 23.3 Å². The monoisotopic (exact) mass is 429 g/mol. The molecule has 0 unspecified atom stereocenters. The quantitative estimate of drug-likeness (QED) is 0.412. The van der Waals surface area contributed by atoms with Crippen LogP contribution in [0.15, 0.2) is 78.9 Å². The fraction of sp³-hybridized carbons (Fsp3) is 0.269. The Labute approximate surface area is 188 Å². The molecule has 6 nitrogen and oxygen atoms in total. The zero-order chi connectivity index (χ0) is 22.3. The number of nitrogens with one attached hydrogen (secondary N) is 1. The third kappa shape index (κ3) is 5.32. The van der Waals surface area contributed by atoms with E-state index in [0.717, 1.165) is 54.9 Å². The van der Waals surface area contributed by atoms with Crippen molar-refractivity contribution in [3.05, 3.63) is 100 Å². The number of anilines is 2. The van der Waals surface area contributed by atoms with E-state index in [2.05, 4.69) is 10.2 Å². The molecule has 1 amide bonds. The van der Waals surface area contributed by atoms with E-state index in [-0.39, 0.29) is 22.4 Å². The lowest BCUT2D eigenvalue weighted by Gasteiger charge is -2.33. The molecular formula is C26H27N3O3. The predicted octanol–water partition coefficient (Wildman–Crippen LogP) is 5.24. The Bertz CT molecular complexity index is 1060. The van der Waals surface area contributed by atoms with Crippen LogP contribution in [0.1, 0.15) is 24.0 Å². The molecule has 1 saturated heterocycles. The number of hydrogen-bond acceptors (Lipinski definition) is 4. The molecule has 0 aliphatic carbocycles. The van der Waals surface area contributed by atoms with Gasteiger partial charge in [-0.1, -0.05) is 48.5 Å². The molecule has 0 bridgehead atoms. The van der Waals surface area contributed by atoms with Crippen LogP contribution >= 0.6 is 0 Å². The highest BCUT2D eigenvalue weighted by Crippen LogP contribution is 2.29. The normalized spacial score (nSPS) is 14.2. The number of aryl methyl sites for hydroxylation is 2. The van der Waals surface area contributed by atoms with Crippen LogP contribution in [0.4, 0.5) is 17.1 Å². The first-order valence-corrected chi connectivity index (χ1v) is 11.0. The number of nitro groups is 1. The lowest BCUT2D eigenvalue weighted by atomic mass is 9.95. The summed E-state index contributed by atoms with van der Waals surface area (Å²) in [7, 11) is 0. The van der Waals surface area contributed by atoms with Crippen molar-refractivity contribution in [2.24, 2.45) is 5.92 Å². The second kappa shape index (κ2) is 10.1. The van der Waals surface area contributed by atoms with Crippen LogP contribution < -0.4 is 10.2 Å². The largest absolute Gasteiger partial charge is 0.371 e. The Balaban J connectivity index is 1.40. The summed E-state index contributed by atoms with van der Waals surface area (Å²) in [6, 6.07) is 24.9. The van der Waals surface area contributed by atoms with E-state index in [1.807, 2.05) is 72.8 Å². The summed E-state index contributed by atoms with van der Waals surface area (Å²) in [4.78, 5) is 26.1. The lowest BCUT2D eigenvalue weighted by Crippen LogP contribution is -2.38. The summed E-state index contributed by atoms with van der Waals surface area (Å²) in [6.45, 7) is 1.51. The number of piperidine rings is 1. The molecule has 0 saturated carbocycles. The molecule has 164 valence electrons. The first-order valence-electron chi connectivity index (χ1n) is 11.0. The number of amides is 1. The van der Waals surface area contributed by atoms with Gasteiger partial charge >= 0.3 is 0 Å². The zero-order valence-electron chi connectivity index (χ0n) is 17.9. The number of benzene rings is 3. The highest BCUT2D eigenvalue weighted by atomic mass is 16.6. The molecule has 1 aliphatic rings. The summed E-state index contributed by atoms with van der Waals surface area (Å²) in [5, 5.41) is 14.5. The van der Waals surface area contributed by atoms with Gasteiger partial charge in [0.25, 0.3) is 5.69 Å². The maximum absolute atomic E-state index is 12.6. The minimum atomic E-state index is -0.301. The van der Waals surface area contributed by atoms with E-state index in [0.29, 0.717) is 6.42 Å². The van der Waals surface area contributed by atoms with Crippen molar-refractivity contribution in [2.45, 2.75) is 25.7 Å². The van der Waals surface area contributed by atoms with Gasteiger partial charge in [-0.05, 0) is 55.5 Å². The molecule has 0 atom stereocenters. The average molecular weight is 430 g/mol. The number of nitro benzene ring substituents is 1. The molecule has 32 heavy (non-hydrogen) atoms. The second-order valence-corrected chi connectivity index (χ2v) is 8.17. The molecule has 1 fully saturated rings. The van der Waals surface area contributed by atoms with Crippen molar-refractivity contribution in [1.82, 2.24) is 0 Å². The maximum Gasteiger partial charge on any atom is 0.272 e. The predicted molar refractivity (Wildman–Crippen MR) is 127 cm³/mol.